The molecule has 3 aliphatic rings. The fourth-order valence-corrected chi connectivity index (χ4v) is 6.36. The molecule has 1 aliphatic heterocycles. The lowest BCUT2D eigenvalue weighted by molar-refractivity contribution is -0.116. The summed E-state index contributed by atoms with van der Waals surface area (Å²) in [4.78, 5) is 41.1. The summed E-state index contributed by atoms with van der Waals surface area (Å²) in [5.74, 6) is 0.811. The van der Waals surface area contributed by atoms with Crippen molar-refractivity contribution in [1.82, 2.24) is 24.7 Å². The molecular formula is C28H38N6O3. The molecule has 1 aromatic carbocycles. The minimum atomic E-state index is -0.301. The normalized spacial score (nSPS) is 26.0. The van der Waals surface area contributed by atoms with Crippen LogP contribution in [0.15, 0.2) is 42.6 Å². The van der Waals surface area contributed by atoms with Crippen molar-refractivity contribution in [1.29, 1.82) is 0 Å². The molecule has 9 nitrogen and oxygen atoms in total. The van der Waals surface area contributed by atoms with Gasteiger partial charge in [-0.05, 0) is 64.1 Å². The van der Waals surface area contributed by atoms with Gasteiger partial charge in [-0.1, -0.05) is 36.8 Å². The lowest BCUT2D eigenvalue weighted by atomic mass is 9.68. The third-order valence-corrected chi connectivity index (χ3v) is 8.82. The van der Waals surface area contributed by atoms with E-state index in [4.69, 9.17) is 4.74 Å². The smallest absolute Gasteiger partial charge is 0.321 e. The van der Waals surface area contributed by atoms with Gasteiger partial charge in [-0.2, -0.15) is 4.98 Å². The second-order valence-electron chi connectivity index (χ2n) is 11.0. The Hall–Kier alpha value is -3.20. The Balaban J connectivity index is 1.33. The third kappa shape index (κ3) is 4.89. The molecule has 37 heavy (non-hydrogen) atoms. The SMILES string of the molecule is COc1ccnc(NC(=O)CN2CC3(CCC(c4ccccc4)(N(C)C)CC3)N(CC3CCC3)C2=O)n1. The molecule has 0 bridgehead atoms. The maximum absolute atomic E-state index is 13.7. The number of carbonyl (C=O) groups is 2. The fraction of sp³-hybridized carbons (Fsp3) is 0.571. The molecule has 0 atom stereocenters. The van der Waals surface area contributed by atoms with Crippen LogP contribution >= 0.6 is 0 Å². The molecular weight excluding hydrogens is 468 g/mol. The monoisotopic (exact) mass is 506 g/mol. The maximum atomic E-state index is 13.7. The van der Waals surface area contributed by atoms with Crippen LogP contribution in [0.3, 0.4) is 0 Å². The van der Waals surface area contributed by atoms with Crippen LogP contribution in [0.1, 0.15) is 50.5 Å². The molecule has 3 fully saturated rings. The number of methoxy groups -OCH3 is 1. The zero-order chi connectivity index (χ0) is 26.0. The highest BCUT2D eigenvalue weighted by Crippen LogP contribution is 2.49. The van der Waals surface area contributed by atoms with E-state index in [9.17, 15) is 9.59 Å². The van der Waals surface area contributed by atoms with Crippen molar-refractivity contribution in [3.63, 3.8) is 0 Å². The van der Waals surface area contributed by atoms with Crippen LogP contribution in [0.25, 0.3) is 0 Å². The Morgan fingerprint density at radius 3 is 2.49 bits per heavy atom. The van der Waals surface area contributed by atoms with E-state index in [2.05, 4.69) is 69.5 Å². The summed E-state index contributed by atoms with van der Waals surface area (Å²) < 4.78 is 5.12. The zero-order valence-corrected chi connectivity index (χ0v) is 22.2. The van der Waals surface area contributed by atoms with E-state index < -0.39 is 0 Å². The first-order valence-corrected chi connectivity index (χ1v) is 13.3. The van der Waals surface area contributed by atoms with Gasteiger partial charge in [-0.25, -0.2) is 9.78 Å². The van der Waals surface area contributed by atoms with Crippen LogP contribution in [0.5, 0.6) is 5.88 Å². The van der Waals surface area contributed by atoms with E-state index in [1.165, 1.54) is 38.1 Å². The van der Waals surface area contributed by atoms with Gasteiger partial charge >= 0.3 is 6.03 Å². The number of hydrogen-bond acceptors (Lipinski definition) is 6. The summed E-state index contributed by atoms with van der Waals surface area (Å²) in [6.07, 6.45) is 8.89. The summed E-state index contributed by atoms with van der Waals surface area (Å²) >= 11 is 0. The highest BCUT2D eigenvalue weighted by molar-refractivity contribution is 5.93. The largest absolute Gasteiger partial charge is 0.481 e. The fourth-order valence-electron chi connectivity index (χ4n) is 6.36. The highest BCUT2D eigenvalue weighted by Gasteiger charge is 2.55. The van der Waals surface area contributed by atoms with Gasteiger partial charge in [0.2, 0.25) is 17.7 Å². The molecule has 1 aromatic heterocycles. The van der Waals surface area contributed by atoms with Gasteiger partial charge < -0.3 is 14.5 Å². The van der Waals surface area contributed by atoms with E-state index in [0.29, 0.717) is 18.3 Å². The minimum Gasteiger partial charge on any atom is -0.481 e. The molecule has 5 rings (SSSR count). The predicted octanol–water partition coefficient (Wildman–Crippen LogP) is 3.73. The van der Waals surface area contributed by atoms with Gasteiger partial charge in [-0.15, -0.1) is 0 Å². The van der Waals surface area contributed by atoms with E-state index in [1.54, 1.807) is 11.0 Å². The van der Waals surface area contributed by atoms with Crippen molar-refractivity contribution in [3.05, 3.63) is 48.2 Å². The maximum Gasteiger partial charge on any atom is 0.321 e. The molecule has 9 heteroatoms. The number of nitrogens with one attached hydrogen (secondary N) is 1. The number of benzene rings is 1. The van der Waals surface area contributed by atoms with Crippen LogP contribution in [0.4, 0.5) is 10.7 Å². The molecule has 2 aliphatic carbocycles. The van der Waals surface area contributed by atoms with Crippen LogP contribution in [0.2, 0.25) is 0 Å². The van der Waals surface area contributed by atoms with Gasteiger partial charge in [-0.3, -0.25) is 15.0 Å². The number of urea groups is 1. The van der Waals surface area contributed by atoms with E-state index >= 15 is 0 Å². The molecule has 2 saturated carbocycles. The van der Waals surface area contributed by atoms with Crippen LogP contribution in [0, 0.1) is 5.92 Å². The first-order chi connectivity index (χ1) is 17.8. The van der Waals surface area contributed by atoms with Crippen LogP contribution < -0.4 is 10.1 Å². The van der Waals surface area contributed by atoms with Crippen molar-refractivity contribution < 1.29 is 14.3 Å². The summed E-state index contributed by atoms with van der Waals surface area (Å²) in [7, 11) is 5.84. The van der Waals surface area contributed by atoms with E-state index in [0.717, 1.165) is 32.2 Å². The molecule has 3 amide bonds. The first-order valence-electron chi connectivity index (χ1n) is 13.3. The average Bonchev–Trinajstić information content (AvgIpc) is 3.12. The zero-order valence-electron chi connectivity index (χ0n) is 22.2. The van der Waals surface area contributed by atoms with Crippen molar-refractivity contribution >= 4 is 17.9 Å². The lowest BCUT2D eigenvalue weighted by Crippen LogP contribution is -2.56. The Labute approximate surface area is 219 Å². The minimum absolute atomic E-state index is 0.0141. The number of ether oxygens (including phenoxy) is 1. The Bertz CT molecular complexity index is 1110. The molecule has 0 radical (unpaired) electrons. The molecule has 0 unspecified atom stereocenters. The second-order valence-corrected chi connectivity index (χ2v) is 11.0. The van der Waals surface area contributed by atoms with Crippen molar-refractivity contribution in [2.45, 2.75) is 56.0 Å². The number of nitrogens with zero attached hydrogens (tertiary/aromatic N) is 5. The average molecular weight is 507 g/mol. The number of carbonyl (C=O) groups excluding carboxylic acids is 2. The van der Waals surface area contributed by atoms with Gasteiger partial charge in [0.1, 0.15) is 6.54 Å². The van der Waals surface area contributed by atoms with Gasteiger partial charge in [0, 0.05) is 30.9 Å². The van der Waals surface area contributed by atoms with Crippen LogP contribution in [-0.2, 0) is 10.3 Å². The molecule has 2 heterocycles. The second kappa shape index (κ2) is 10.3. The van der Waals surface area contributed by atoms with E-state index in [1.807, 2.05) is 0 Å². The number of rotatable bonds is 8. The van der Waals surface area contributed by atoms with Crippen molar-refractivity contribution in [2.24, 2.45) is 5.92 Å². The molecule has 2 aromatic rings. The van der Waals surface area contributed by atoms with Gasteiger partial charge in [0.25, 0.3) is 0 Å². The summed E-state index contributed by atoms with van der Waals surface area (Å²) in [6.45, 7) is 1.35. The summed E-state index contributed by atoms with van der Waals surface area (Å²) in [5.41, 5.74) is 1.04. The number of hydrogen-bond donors (Lipinski definition) is 1. The van der Waals surface area contributed by atoms with E-state index in [-0.39, 0.29) is 35.5 Å². The Morgan fingerprint density at radius 2 is 1.86 bits per heavy atom. The third-order valence-electron chi connectivity index (χ3n) is 8.82. The summed E-state index contributed by atoms with van der Waals surface area (Å²) in [6, 6.07) is 12.3. The number of anilines is 1. The molecule has 1 saturated heterocycles. The first kappa shape index (κ1) is 25.4. The van der Waals surface area contributed by atoms with Crippen molar-refractivity contribution in [2.75, 3.05) is 46.2 Å². The quantitative estimate of drug-likeness (QED) is 0.587. The van der Waals surface area contributed by atoms with Gasteiger partial charge in [0.05, 0.1) is 12.6 Å². The van der Waals surface area contributed by atoms with Crippen LogP contribution in [-0.4, -0.2) is 83.0 Å². The topological polar surface area (TPSA) is 90.9 Å². The molecule has 1 spiro atoms. The molecule has 198 valence electrons. The molecule has 1 N–H and O–H groups in total. The predicted molar refractivity (Wildman–Crippen MR) is 141 cm³/mol. The standard InChI is InChI=1S/C28H38N6O3/c1-32(2)28(22-10-5-4-6-11-22)15-13-27(14-16-28)20-33(26(36)34(27)18-21-8-7-9-21)19-23(35)30-25-29-17-12-24(31-25)37-3/h4-6,10-12,17,21H,7-9,13-16,18-20H2,1-3H3,(H,29,30,31,35). The Kier molecular flexibility index (Phi) is 7.07. The number of aromatic nitrogens is 2. The lowest BCUT2D eigenvalue weighted by Gasteiger charge is -2.51. The van der Waals surface area contributed by atoms with Crippen molar-refractivity contribution in [3.8, 4) is 5.88 Å². The highest BCUT2D eigenvalue weighted by atomic mass is 16.5. The van der Waals surface area contributed by atoms with Gasteiger partial charge in [0.15, 0.2) is 0 Å². The Morgan fingerprint density at radius 1 is 1.14 bits per heavy atom. The summed E-state index contributed by atoms with van der Waals surface area (Å²) in [5, 5.41) is 2.72. The number of amides is 3.